The van der Waals surface area contributed by atoms with Gasteiger partial charge in [0.05, 0.1) is 25.9 Å². The average Bonchev–Trinajstić information content (AvgIpc) is 3.35. The van der Waals surface area contributed by atoms with Gasteiger partial charge in [-0.15, -0.1) is 0 Å². The van der Waals surface area contributed by atoms with Gasteiger partial charge >= 0.3 is 11.9 Å². The summed E-state index contributed by atoms with van der Waals surface area (Å²) in [5.74, 6) is -0.969. The Morgan fingerprint density at radius 2 is 1.80 bits per heavy atom. The van der Waals surface area contributed by atoms with Crippen molar-refractivity contribution in [2.24, 2.45) is 0 Å². The Kier molecular flexibility index (Phi) is 5.98. The summed E-state index contributed by atoms with van der Waals surface area (Å²) in [7, 11) is 1.28. The number of hydrogen-bond donors (Lipinski definition) is 1. The van der Waals surface area contributed by atoms with Crippen LogP contribution in [-0.4, -0.2) is 61.8 Å². The van der Waals surface area contributed by atoms with Crippen molar-refractivity contribution in [3.63, 3.8) is 0 Å². The minimum Gasteiger partial charge on any atom is -0.488 e. The molecule has 0 amide bonds. The molecule has 2 saturated heterocycles. The maximum absolute atomic E-state index is 12.9. The van der Waals surface area contributed by atoms with Gasteiger partial charge in [0.15, 0.2) is 6.10 Å². The first-order chi connectivity index (χ1) is 14.6. The average molecular weight is 414 g/mol. The summed E-state index contributed by atoms with van der Waals surface area (Å²) >= 11 is 0. The molecule has 8 heteroatoms. The quantitative estimate of drug-likeness (QED) is 0.714. The van der Waals surface area contributed by atoms with Crippen molar-refractivity contribution in [3.8, 4) is 5.75 Å². The zero-order valence-electron chi connectivity index (χ0n) is 16.4. The van der Waals surface area contributed by atoms with Crippen LogP contribution in [0.4, 0.5) is 0 Å². The third-order valence-electron chi connectivity index (χ3n) is 5.10. The van der Waals surface area contributed by atoms with Gasteiger partial charge in [-0.05, 0) is 23.8 Å². The summed E-state index contributed by atoms with van der Waals surface area (Å²) in [4.78, 5) is 24.8. The lowest BCUT2D eigenvalue weighted by atomic mass is 10.1. The molecule has 30 heavy (non-hydrogen) atoms. The molecule has 2 aliphatic heterocycles. The van der Waals surface area contributed by atoms with Gasteiger partial charge in [-0.1, -0.05) is 30.3 Å². The van der Waals surface area contributed by atoms with E-state index in [-0.39, 0.29) is 36.7 Å². The molecule has 0 aliphatic carbocycles. The van der Waals surface area contributed by atoms with E-state index >= 15 is 0 Å². The zero-order valence-corrected chi connectivity index (χ0v) is 16.4. The standard InChI is InChI=1S/C22H22O8/c1-26-21(24)14-7-8-15(17(9-14)27-10-13-5-3-2-4-6-13)22(25)30-18-12-29-19-16(23)11-28-20(18)19/h2-9,16,18-20,23H,10-12H2,1H3/t16-,18+,19+,20+/m0/s1. The fourth-order valence-electron chi connectivity index (χ4n) is 3.54. The topological polar surface area (TPSA) is 101 Å². The Bertz CT molecular complexity index is 913. The summed E-state index contributed by atoms with van der Waals surface area (Å²) in [5.41, 5.74) is 1.32. The van der Waals surface area contributed by atoms with Gasteiger partial charge in [0.1, 0.15) is 36.2 Å². The van der Waals surface area contributed by atoms with Gasteiger partial charge in [0.25, 0.3) is 0 Å². The Morgan fingerprint density at radius 1 is 1.03 bits per heavy atom. The molecule has 0 spiro atoms. The minimum atomic E-state index is -0.734. The number of aliphatic hydroxyl groups is 1. The van der Waals surface area contributed by atoms with E-state index in [0.29, 0.717) is 0 Å². The van der Waals surface area contributed by atoms with Gasteiger partial charge in [0, 0.05) is 0 Å². The van der Waals surface area contributed by atoms with Crippen LogP contribution in [-0.2, 0) is 25.6 Å². The van der Waals surface area contributed by atoms with Crippen LogP contribution in [0.5, 0.6) is 5.75 Å². The highest BCUT2D eigenvalue weighted by Crippen LogP contribution is 2.30. The van der Waals surface area contributed by atoms with E-state index in [1.807, 2.05) is 30.3 Å². The number of hydrogen-bond acceptors (Lipinski definition) is 8. The van der Waals surface area contributed by atoms with E-state index in [9.17, 15) is 14.7 Å². The van der Waals surface area contributed by atoms with E-state index in [1.54, 1.807) is 0 Å². The predicted molar refractivity (Wildman–Crippen MR) is 103 cm³/mol. The lowest BCUT2D eigenvalue weighted by molar-refractivity contribution is -0.0211. The van der Waals surface area contributed by atoms with E-state index in [2.05, 4.69) is 0 Å². The molecule has 158 valence electrons. The summed E-state index contributed by atoms with van der Waals surface area (Å²) in [6.45, 7) is 0.486. The number of methoxy groups -OCH3 is 1. The number of benzene rings is 2. The third-order valence-corrected chi connectivity index (χ3v) is 5.10. The summed E-state index contributed by atoms with van der Waals surface area (Å²) in [6, 6.07) is 13.8. The number of carbonyl (C=O) groups excluding carboxylic acids is 2. The lowest BCUT2D eigenvalue weighted by Crippen LogP contribution is -2.34. The normalized spacial score (nSPS) is 24.9. The monoisotopic (exact) mass is 414 g/mol. The van der Waals surface area contributed by atoms with Crippen LogP contribution < -0.4 is 4.74 Å². The molecule has 2 aliphatic rings. The van der Waals surface area contributed by atoms with Gasteiger partial charge in [-0.3, -0.25) is 0 Å². The first-order valence-electron chi connectivity index (χ1n) is 9.58. The first-order valence-corrected chi connectivity index (χ1v) is 9.58. The minimum absolute atomic E-state index is 0.137. The van der Waals surface area contributed by atoms with Crippen molar-refractivity contribution in [3.05, 3.63) is 65.2 Å². The second kappa shape index (κ2) is 8.83. The van der Waals surface area contributed by atoms with Gasteiger partial charge in [-0.2, -0.15) is 0 Å². The van der Waals surface area contributed by atoms with Crippen LogP contribution in [0.25, 0.3) is 0 Å². The molecular weight excluding hydrogens is 392 g/mol. The van der Waals surface area contributed by atoms with Crippen molar-refractivity contribution in [1.29, 1.82) is 0 Å². The van der Waals surface area contributed by atoms with Crippen LogP contribution in [0, 0.1) is 0 Å². The molecule has 0 bridgehead atoms. The smallest absolute Gasteiger partial charge is 0.342 e. The third kappa shape index (κ3) is 4.16. The highest BCUT2D eigenvalue weighted by atomic mass is 16.6. The Hall–Kier alpha value is -2.94. The summed E-state index contributed by atoms with van der Waals surface area (Å²) in [6.07, 6.45) is -2.38. The predicted octanol–water partition coefficient (Wildman–Crippen LogP) is 1.74. The molecule has 0 saturated carbocycles. The van der Waals surface area contributed by atoms with Crippen molar-refractivity contribution in [2.75, 3.05) is 20.3 Å². The van der Waals surface area contributed by atoms with Crippen LogP contribution in [0.2, 0.25) is 0 Å². The molecule has 4 atom stereocenters. The van der Waals surface area contributed by atoms with E-state index in [0.717, 1.165) is 5.56 Å². The molecule has 2 aromatic rings. The van der Waals surface area contributed by atoms with E-state index < -0.39 is 36.4 Å². The molecule has 4 rings (SSSR count). The molecule has 2 fully saturated rings. The second-order valence-electron chi connectivity index (χ2n) is 7.08. The molecule has 8 nitrogen and oxygen atoms in total. The number of fused-ring (bicyclic) bond motifs is 1. The summed E-state index contributed by atoms with van der Waals surface area (Å²) < 4.78 is 27.2. The summed E-state index contributed by atoms with van der Waals surface area (Å²) in [5, 5.41) is 9.84. The lowest BCUT2D eigenvalue weighted by Gasteiger charge is -2.18. The van der Waals surface area contributed by atoms with Crippen LogP contribution in [0.15, 0.2) is 48.5 Å². The highest BCUT2D eigenvalue weighted by Gasteiger charge is 2.49. The Morgan fingerprint density at radius 3 is 2.57 bits per heavy atom. The van der Waals surface area contributed by atoms with Crippen molar-refractivity contribution < 1.29 is 38.4 Å². The maximum Gasteiger partial charge on any atom is 0.342 e. The van der Waals surface area contributed by atoms with Crippen molar-refractivity contribution in [2.45, 2.75) is 31.0 Å². The largest absolute Gasteiger partial charge is 0.488 e. The molecule has 0 unspecified atom stereocenters. The van der Waals surface area contributed by atoms with Crippen LogP contribution in [0.3, 0.4) is 0 Å². The van der Waals surface area contributed by atoms with Gasteiger partial charge in [0.2, 0.25) is 0 Å². The second-order valence-corrected chi connectivity index (χ2v) is 7.08. The molecular formula is C22H22O8. The van der Waals surface area contributed by atoms with Gasteiger partial charge in [-0.25, -0.2) is 9.59 Å². The Balaban J connectivity index is 1.53. The molecule has 2 aromatic carbocycles. The molecule has 2 heterocycles. The van der Waals surface area contributed by atoms with Gasteiger partial charge < -0.3 is 28.8 Å². The number of rotatable bonds is 6. The van der Waals surface area contributed by atoms with Crippen molar-refractivity contribution in [1.82, 2.24) is 0 Å². The number of aliphatic hydroxyl groups excluding tert-OH is 1. The number of esters is 2. The molecule has 0 radical (unpaired) electrons. The fourth-order valence-corrected chi connectivity index (χ4v) is 3.54. The first kappa shape index (κ1) is 20.3. The Labute approximate surface area is 173 Å². The SMILES string of the molecule is COC(=O)c1ccc(C(=O)O[C@@H]2CO[C@H]3[C@@H]2OC[C@@H]3O)c(OCc2ccccc2)c1. The van der Waals surface area contributed by atoms with Crippen molar-refractivity contribution >= 4 is 11.9 Å². The molecule has 0 aromatic heterocycles. The fraction of sp³-hybridized carbons (Fsp3) is 0.364. The number of ether oxygens (including phenoxy) is 5. The zero-order chi connectivity index (χ0) is 21.1. The highest BCUT2D eigenvalue weighted by molar-refractivity contribution is 5.96. The van der Waals surface area contributed by atoms with Crippen LogP contribution in [0.1, 0.15) is 26.3 Å². The molecule has 1 N–H and O–H groups in total. The van der Waals surface area contributed by atoms with E-state index in [4.69, 9.17) is 23.7 Å². The number of carbonyl (C=O) groups is 2. The van der Waals surface area contributed by atoms with E-state index in [1.165, 1.54) is 25.3 Å². The van der Waals surface area contributed by atoms with Crippen LogP contribution >= 0.6 is 0 Å². The maximum atomic E-state index is 12.9.